The van der Waals surface area contributed by atoms with Crippen LogP contribution in [0.3, 0.4) is 0 Å². The normalized spacial score (nSPS) is 9.50. The molecule has 0 fully saturated rings. The zero-order valence-electron chi connectivity index (χ0n) is 7.22. The van der Waals surface area contributed by atoms with Crippen molar-refractivity contribution in [2.24, 2.45) is 21.7 Å². The van der Waals surface area contributed by atoms with Gasteiger partial charge in [0.25, 0.3) is 0 Å². The molecule has 0 bridgehead atoms. The third-order valence-corrected chi connectivity index (χ3v) is 1.78. The van der Waals surface area contributed by atoms with Gasteiger partial charge < -0.3 is 11.5 Å². The molecule has 1 rings (SSSR count). The van der Waals surface area contributed by atoms with Gasteiger partial charge in [-0.25, -0.2) is 0 Å². The van der Waals surface area contributed by atoms with Crippen molar-refractivity contribution in [3.05, 3.63) is 34.3 Å². The summed E-state index contributed by atoms with van der Waals surface area (Å²) in [7, 11) is 0. The third-order valence-electron chi connectivity index (χ3n) is 1.25. The van der Waals surface area contributed by atoms with Crippen LogP contribution in [0.2, 0.25) is 0 Å². The summed E-state index contributed by atoms with van der Waals surface area (Å²) in [4.78, 5) is 0. The molecular formula is C8H10BrClN4. The molecule has 0 aliphatic carbocycles. The van der Waals surface area contributed by atoms with Crippen LogP contribution in [0.15, 0.2) is 38.9 Å². The number of halogens is 2. The maximum absolute atomic E-state index is 5.09. The summed E-state index contributed by atoms with van der Waals surface area (Å²) in [5, 5.41) is 7.14. The standard InChI is InChI=1S/C8H9BrN4.ClH/c9-7-3-1-6(2-4-7)5-12-13-8(10)11;/h1-5H,(H4,10,11,13);1H/b12-5+;. The molecular weight excluding hydrogens is 267 g/mol. The summed E-state index contributed by atoms with van der Waals surface area (Å²) < 4.78 is 1.02. The highest BCUT2D eigenvalue weighted by Gasteiger charge is 1.86. The molecule has 0 unspecified atom stereocenters. The van der Waals surface area contributed by atoms with Crippen molar-refractivity contribution in [1.29, 1.82) is 0 Å². The van der Waals surface area contributed by atoms with Gasteiger partial charge in [0.15, 0.2) is 0 Å². The molecule has 0 amide bonds. The Balaban J connectivity index is 0.00000169. The molecule has 1 aromatic rings. The lowest BCUT2D eigenvalue weighted by molar-refractivity contribution is 1.21. The van der Waals surface area contributed by atoms with E-state index in [0.717, 1.165) is 10.0 Å². The average Bonchev–Trinajstić information content (AvgIpc) is 2.08. The second-order valence-electron chi connectivity index (χ2n) is 2.32. The van der Waals surface area contributed by atoms with Gasteiger partial charge in [-0.15, -0.1) is 17.5 Å². The Bertz CT molecular complexity index is 330. The van der Waals surface area contributed by atoms with Gasteiger partial charge in [0.1, 0.15) is 0 Å². The zero-order valence-corrected chi connectivity index (χ0v) is 9.62. The van der Waals surface area contributed by atoms with Crippen molar-refractivity contribution in [3.8, 4) is 0 Å². The van der Waals surface area contributed by atoms with Crippen LogP contribution in [0.4, 0.5) is 0 Å². The van der Waals surface area contributed by atoms with Crippen LogP contribution < -0.4 is 11.5 Å². The molecule has 6 heteroatoms. The van der Waals surface area contributed by atoms with Gasteiger partial charge in [-0.1, -0.05) is 28.1 Å². The Morgan fingerprint density at radius 2 is 1.79 bits per heavy atom. The van der Waals surface area contributed by atoms with Crippen molar-refractivity contribution in [1.82, 2.24) is 0 Å². The van der Waals surface area contributed by atoms with E-state index in [0.29, 0.717) is 0 Å². The van der Waals surface area contributed by atoms with E-state index in [1.54, 1.807) is 6.21 Å². The van der Waals surface area contributed by atoms with Crippen molar-refractivity contribution < 1.29 is 0 Å². The van der Waals surface area contributed by atoms with Crippen LogP contribution in [0.5, 0.6) is 0 Å². The van der Waals surface area contributed by atoms with Crippen LogP contribution in [-0.4, -0.2) is 12.2 Å². The minimum atomic E-state index is -0.0478. The predicted octanol–water partition coefficient (Wildman–Crippen LogP) is 1.48. The number of hydrogen-bond acceptors (Lipinski definition) is 2. The smallest absolute Gasteiger partial charge is 0.211 e. The lowest BCUT2D eigenvalue weighted by atomic mass is 10.2. The predicted molar refractivity (Wildman–Crippen MR) is 64.8 cm³/mol. The minimum absolute atomic E-state index is 0. The first kappa shape index (κ1) is 12.9. The van der Waals surface area contributed by atoms with Crippen molar-refractivity contribution in [2.75, 3.05) is 0 Å². The van der Waals surface area contributed by atoms with Crippen LogP contribution in [0, 0.1) is 0 Å². The summed E-state index contributed by atoms with van der Waals surface area (Å²) in [5.74, 6) is -0.0478. The maximum atomic E-state index is 5.09. The number of guanidine groups is 1. The summed E-state index contributed by atoms with van der Waals surface area (Å²) in [6.45, 7) is 0. The highest BCUT2D eigenvalue weighted by Crippen LogP contribution is 2.08. The molecule has 0 radical (unpaired) electrons. The zero-order chi connectivity index (χ0) is 9.68. The Kier molecular flexibility index (Phi) is 5.91. The summed E-state index contributed by atoms with van der Waals surface area (Å²) >= 11 is 3.32. The first-order valence-electron chi connectivity index (χ1n) is 3.56. The number of nitrogens with two attached hydrogens (primary N) is 2. The highest BCUT2D eigenvalue weighted by molar-refractivity contribution is 9.10. The van der Waals surface area contributed by atoms with E-state index in [2.05, 4.69) is 26.1 Å². The fourth-order valence-corrected chi connectivity index (χ4v) is 0.975. The molecule has 0 aliphatic heterocycles. The lowest BCUT2D eigenvalue weighted by Gasteiger charge is -1.91. The summed E-state index contributed by atoms with van der Waals surface area (Å²) in [6.07, 6.45) is 1.58. The summed E-state index contributed by atoms with van der Waals surface area (Å²) in [6, 6.07) is 7.62. The van der Waals surface area contributed by atoms with E-state index in [9.17, 15) is 0 Å². The van der Waals surface area contributed by atoms with E-state index in [1.807, 2.05) is 24.3 Å². The molecule has 0 heterocycles. The topological polar surface area (TPSA) is 76.8 Å². The van der Waals surface area contributed by atoms with Gasteiger partial charge in [0.2, 0.25) is 5.96 Å². The van der Waals surface area contributed by atoms with E-state index in [-0.39, 0.29) is 18.4 Å². The number of rotatable bonds is 2. The molecule has 4 nitrogen and oxygen atoms in total. The number of hydrogen-bond donors (Lipinski definition) is 2. The molecule has 4 N–H and O–H groups in total. The van der Waals surface area contributed by atoms with Gasteiger partial charge in [-0.05, 0) is 17.7 Å². The number of nitrogens with zero attached hydrogens (tertiary/aromatic N) is 2. The van der Waals surface area contributed by atoms with Gasteiger partial charge >= 0.3 is 0 Å². The molecule has 0 aromatic heterocycles. The molecule has 14 heavy (non-hydrogen) atoms. The summed E-state index contributed by atoms with van der Waals surface area (Å²) in [5.41, 5.74) is 11.1. The third kappa shape index (κ3) is 4.84. The molecule has 1 aromatic carbocycles. The molecule has 0 saturated carbocycles. The molecule has 0 atom stereocenters. The Morgan fingerprint density at radius 3 is 2.29 bits per heavy atom. The second-order valence-corrected chi connectivity index (χ2v) is 3.24. The molecule has 76 valence electrons. The Labute approximate surface area is 96.6 Å². The quantitative estimate of drug-likeness (QED) is 0.488. The van der Waals surface area contributed by atoms with Crippen LogP contribution in [0.1, 0.15) is 5.56 Å². The van der Waals surface area contributed by atoms with Crippen LogP contribution in [-0.2, 0) is 0 Å². The van der Waals surface area contributed by atoms with Gasteiger partial charge in [-0.3, -0.25) is 0 Å². The number of benzene rings is 1. The van der Waals surface area contributed by atoms with E-state index in [1.165, 1.54) is 0 Å². The molecule has 0 aliphatic rings. The van der Waals surface area contributed by atoms with Gasteiger partial charge in [-0.2, -0.15) is 5.10 Å². The van der Waals surface area contributed by atoms with Crippen molar-refractivity contribution in [2.45, 2.75) is 0 Å². The van der Waals surface area contributed by atoms with Gasteiger partial charge in [0.05, 0.1) is 6.21 Å². The molecule has 0 saturated heterocycles. The fourth-order valence-electron chi connectivity index (χ4n) is 0.711. The minimum Gasteiger partial charge on any atom is -0.369 e. The average molecular weight is 278 g/mol. The SMILES string of the molecule is Cl.NC(N)=N/N=C/c1ccc(Br)cc1. The maximum Gasteiger partial charge on any atom is 0.211 e. The molecule has 0 spiro atoms. The first-order chi connectivity index (χ1) is 6.18. The Hall–Kier alpha value is -1.07. The van der Waals surface area contributed by atoms with Crippen molar-refractivity contribution in [3.63, 3.8) is 0 Å². The monoisotopic (exact) mass is 276 g/mol. The fraction of sp³-hybridized carbons (Fsp3) is 0. The van der Waals surface area contributed by atoms with E-state index >= 15 is 0 Å². The van der Waals surface area contributed by atoms with E-state index in [4.69, 9.17) is 11.5 Å². The van der Waals surface area contributed by atoms with Crippen LogP contribution in [0.25, 0.3) is 0 Å². The van der Waals surface area contributed by atoms with Gasteiger partial charge in [0, 0.05) is 4.47 Å². The van der Waals surface area contributed by atoms with Crippen LogP contribution >= 0.6 is 28.3 Å². The lowest BCUT2D eigenvalue weighted by Crippen LogP contribution is -2.21. The highest BCUT2D eigenvalue weighted by atomic mass is 79.9. The Morgan fingerprint density at radius 1 is 1.21 bits per heavy atom. The van der Waals surface area contributed by atoms with E-state index < -0.39 is 0 Å². The second kappa shape index (κ2) is 6.39. The van der Waals surface area contributed by atoms with Crippen molar-refractivity contribution >= 4 is 40.5 Å². The largest absolute Gasteiger partial charge is 0.369 e. The first-order valence-corrected chi connectivity index (χ1v) is 4.35.